The Bertz CT molecular complexity index is 59.7. The molecule has 0 spiro atoms. The van der Waals surface area contributed by atoms with Gasteiger partial charge in [-0.05, 0) is 12.8 Å². The number of unbranched alkanes of at least 4 members (excludes halogenated alkanes) is 5. The summed E-state index contributed by atoms with van der Waals surface area (Å²) in [6, 6.07) is 0. The monoisotopic (exact) mass is 146 g/mol. The van der Waals surface area contributed by atoms with Crippen molar-refractivity contribution < 1.29 is 4.70 Å². The maximum absolute atomic E-state index is 3.68. The first-order valence-electron chi connectivity index (χ1n) is 4.02. The molecule has 0 nitrogen and oxygen atoms in total. The molecule has 0 saturated heterocycles. The molecule has 0 unspecified atom stereocenters. The van der Waals surface area contributed by atoms with Crippen LogP contribution in [0.1, 0.15) is 45.4 Å². The summed E-state index contributed by atoms with van der Waals surface area (Å²) in [6.45, 7) is 5.92. The molecule has 0 aromatic rings. The van der Waals surface area contributed by atoms with E-state index in [4.69, 9.17) is 0 Å². The van der Waals surface area contributed by atoms with Gasteiger partial charge in [-0.25, -0.2) is 0 Å². The Morgan fingerprint density at radius 1 is 1.10 bits per heavy atom. The molecule has 0 saturated carbocycles. The molecule has 0 fully saturated rings. The smallest absolute Gasteiger partial charge is 0.0353 e. The van der Waals surface area contributed by atoms with Crippen molar-refractivity contribution in [1.29, 1.82) is 0 Å². The highest BCUT2D eigenvalue weighted by molar-refractivity contribution is 4.65. The second-order valence-electron chi connectivity index (χ2n) is 2.49. The summed E-state index contributed by atoms with van der Waals surface area (Å²) < 4.78 is 0. The van der Waals surface area contributed by atoms with Crippen LogP contribution in [0, 0.1) is 0 Å². The molecule has 0 bridgehead atoms. The highest BCUT2D eigenvalue weighted by Gasteiger charge is 1.84. The zero-order chi connectivity index (χ0) is 6.95. The van der Waals surface area contributed by atoms with Gasteiger partial charge in [0.05, 0.1) is 0 Å². The quantitative estimate of drug-likeness (QED) is 0.396. The molecular weight excluding hydrogens is 127 g/mol. The first kappa shape index (κ1) is 12.4. The lowest BCUT2D eigenvalue weighted by Crippen LogP contribution is -1.74. The molecule has 0 aliphatic carbocycles. The van der Waals surface area contributed by atoms with Crippen LogP contribution in [-0.4, -0.2) is 0 Å². The molecule has 62 valence electrons. The summed E-state index contributed by atoms with van der Waals surface area (Å²) in [5.74, 6) is 0. The van der Waals surface area contributed by atoms with E-state index < -0.39 is 0 Å². The molecule has 0 amide bonds. The van der Waals surface area contributed by atoms with Crippen LogP contribution in [-0.2, 0) is 0 Å². The Morgan fingerprint density at radius 3 is 2.20 bits per heavy atom. The second kappa shape index (κ2) is 11.5. The van der Waals surface area contributed by atoms with Gasteiger partial charge in [-0.3, -0.25) is 4.70 Å². The predicted molar refractivity (Wildman–Crippen MR) is 46.1 cm³/mol. The van der Waals surface area contributed by atoms with Crippen LogP contribution in [0.3, 0.4) is 0 Å². The highest BCUT2D eigenvalue weighted by Crippen LogP contribution is 2.04. The zero-order valence-electron chi connectivity index (χ0n) is 6.94. The average molecular weight is 146 g/mol. The van der Waals surface area contributed by atoms with Gasteiger partial charge in [-0.2, -0.15) is 0 Å². The van der Waals surface area contributed by atoms with Crippen molar-refractivity contribution >= 4 is 0 Å². The summed E-state index contributed by atoms with van der Waals surface area (Å²) in [5.41, 5.74) is 0. The van der Waals surface area contributed by atoms with Gasteiger partial charge in [0.1, 0.15) is 0 Å². The number of halogens is 1. The minimum atomic E-state index is 0. The summed E-state index contributed by atoms with van der Waals surface area (Å²) in [6.07, 6.45) is 10.1. The molecule has 1 heteroatoms. The highest BCUT2D eigenvalue weighted by atomic mass is 19.0. The van der Waals surface area contributed by atoms with Crippen molar-refractivity contribution in [3.63, 3.8) is 0 Å². The zero-order valence-corrected chi connectivity index (χ0v) is 6.94. The van der Waals surface area contributed by atoms with E-state index in [1.54, 1.807) is 0 Å². The van der Waals surface area contributed by atoms with Gasteiger partial charge in [-0.15, -0.1) is 6.58 Å². The molecule has 0 radical (unpaired) electrons. The van der Waals surface area contributed by atoms with Gasteiger partial charge in [-0.1, -0.05) is 38.7 Å². The normalized spacial score (nSPS) is 8.50. The molecule has 0 heterocycles. The molecule has 0 aromatic carbocycles. The van der Waals surface area contributed by atoms with E-state index in [0.29, 0.717) is 0 Å². The Kier molecular flexibility index (Phi) is 14.2. The van der Waals surface area contributed by atoms with Crippen LogP contribution >= 0.6 is 0 Å². The first-order valence-corrected chi connectivity index (χ1v) is 4.02. The SMILES string of the molecule is C=CCCCCCCC.F. The number of hydrogen-bond acceptors (Lipinski definition) is 0. The van der Waals surface area contributed by atoms with Crippen molar-refractivity contribution in [3.8, 4) is 0 Å². The fourth-order valence-electron chi connectivity index (χ4n) is 0.892. The molecule has 0 aliphatic rings. The minimum Gasteiger partial charge on any atom is -0.269 e. The molecule has 0 aliphatic heterocycles. The van der Waals surface area contributed by atoms with Crippen molar-refractivity contribution in [2.75, 3.05) is 0 Å². The summed E-state index contributed by atoms with van der Waals surface area (Å²) in [5, 5.41) is 0. The van der Waals surface area contributed by atoms with E-state index >= 15 is 0 Å². The Balaban J connectivity index is 0. The van der Waals surface area contributed by atoms with Gasteiger partial charge >= 0.3 is 0 Å². The lowest BCUT2D eigenvalue weighted by atomic mass is 10.1. The molecule has 10 heavy (non-hydrogen) atoms. The Labute approximate surface area is 63.7 Å². The van der Waals surface area contributed by atoms with Gasteiger partial charge in [0, 0.05) is 0 Å². The van der Waals surface area contributed by atoms with E-state index in [-0.39, 0.29) is 4.70 Å². The third kappa shape index (κ3) is 10.6. The number of allylic oxidation sites excluding steroid dienone is 1. The lowest BCUT2D eigenvalue weighted by Gasteiger charge is -1.94. The van der Waals surface area contributed by atoms with E-state index in [9.17, 15) is 0 Å². The van der Waals surface area contributed by atoms with E-state index in [1.807, 2.05) is 6.08 Å². The summed E-state index contributed by atoms with van der Waals surface area (Å²) in [4.78, 5) is 0. The average Bonchev–Trinajstić information content (AvgIpc) is 1.89. The molecular formula is C9H19F. The molecule has 0 N–H and O–H groups in total. The van der Waals surface area contributed by atoms with E-state index in [0.717, 1.165) is 0 Å². The maximum Gasteiger partial charge on any atom is -0.0353 e. The van der Waals surface area contributed by atoms with Gasteiger partial charge in [0.2, 0.25) is 0 Å². The van der Waals surface area contributed by atoms with E-state index in [2.05, 4.69) is 13.5 Å². The molecule has 0 aromatic heterocycles. The van der Waals surface area contributed by atoms with Crippen molar-refractivity contribution in [2.24, 2.45) is 0 Å². The van der Waals surface area contributed by atoms with Crippen LogP contribution in [0.5, 0.6) is 0 Å². The van der Waals surface area contributed by atoms with Crippen LogP contribution in [0.15, 0.2) is 12.7 Å². The Morgan fingerprint density at radius 2 is 1.70 bits per heavy atom. The van der Waals surface area contributed by atoms with Crippen LogP contribution < -0.4 is 0 Å². The minimum absolute atomic E-state index is 0. The van der Waals surface area contributed by atoms with Crippen molar-refractivity contribution in [2.45, 2.75) is 45.4 Å². The van der Waals surface area contributed by atoms with Gasteiger partial charge in [0.15, 0.2) is 0 Å². The molecule has 0 rings (SSSR count). The van der Waals surface area contributed by atoms with Crippen LogP contribution in [0.25, 0.3) is 0 Å². The number of hydrogen-bond donors (Lipinski definition) is 0. The fraction of sp³-hybridized carbons (Fsp3) is 0.778. The van der Waals surface area contributed by atoms with Crippen molar-refractivity contribution in [3.05, 3.63) is 12.7 Å². The summed E-state index contributed by atoms with van der Waals surface area (Å²) >= 11 is 0. The van der Waals surface area contributed by atoms with Crippen molar-refractivity contribution in [1.82, 2.24) is 0 Å². The lowest BCUT2D eigenvalue weighted by molar-refractivity contribution is 0.638. The van der Waals surface area contributed by atoms with Crippen LogP contribution in [0.2, 0.25) is 0 Å². The Hall–Kier alpha value is -0.330. The first-order chi connectivity index (χ1) is 4.41. The van der Waals surface area contributed by atoms with E-state index in [1.165, 1.54) is 38.5 Å². The topological polar surface area (TPSA) is 0 Å². The van der Waals surface area contributed by atoms with Gasteiger partial charge in [0.25, 0.3) is 0 Å². The van der Waals surface area contributed by atoms with Gasteiger partial charge < -0.3 is 0 Å². The third-order valence-electron chi connectivity index (χ3n) is 1.51. The largest absolute Gasteiger partial charge is 0.269 e. The van der Waals surface area contributed by atoms with Crippen LogP contribution in [0.4, 0.5) is 4.70 Å². The fourth-order valence-corrected chi connectivity index (χ4v) is 0.892. The number of rotatable bonds is 6. The second-order valence-corrected chi connectivity index (χ2v) is 2.49. The third-order valence-corrected chi connectivity index (χ3v) is 1.51. The maximum atomic E-state index is 3.68. The summed E-state index contributed by atoms with van der Waals surface area (Å²) in [7, 11) is 0. The molecule has 0 atom stereocenters. The standard InChI is InChI=1S/C9H18.FH/c1-3-5-7-9-8-6-4-2;/h3H,1,4-9H2,2H3;1H. The predicted octanol–water partition coefficient (Wildman–Crippen LogP) is 3.69.